The lowest BCUT2D eigenvalue weighted by atomic mass is 9.84. The molecule has 2 aliphatic rings. The minimum Gasteiger partial charge on any atom is -0.474 e. The van der Waals surface area contributed by atoms with Crippen molar-refractivity contribution in [2.24, 2.45) is 0 Å². The average molecular weight is 593 g/mol. The monoisotopic (exact) mass is 592 g/mol. The van der Waals surface area contributed by atoms with Crippen molar-refractivity contribution in [1.82, 2.24) is 29.9 Å². The first-order chi connectivity index (χ1) is 20.6. The van der Waals surface area contributed by atoms with Gasteiger partial charge in [-0.15, -0.1) is 0 Å². The molecule has 2 aromatic heterocycles. The number of alkyl halides is 1. The van der Waals surface area contributed by atoms with Crippen molar-refractivity contribution in [2.45, 2.75) is 89.3 Å². The van der Waals surface area contributed by atoms with Crippen LogP contribution in [0.5, 0.6) is 11.8 Å². The number of carbonyl (C=O) groups excluding carboxylic acids is 1. The van der Waals surface area contributed by atoms with Gasteiger partial charge in [0.05, 0.1) is 11.5 Å². The van der Waals surface area contributed by atoms with Gasteiger partial charge in [0.1, 0.15) is 18.4 Å². The number of likely N-dealkylation sites (N-methyl/N-ethyl adjacent to an activating group) is 1. The maximum absolute atomic E-state index is 14.1. The molecule has 2 saturated heterocycles. The molecular weight excluding hydrogens is 551 g/mol. The molecule has 3 aromatic rings. The Hall–Kier alpha value is -3.86. The second-order valence-corrected chi connectivity index (χ2v) is 12.0. The summed E-state index contributed by atoms with van der Waals surface area (Å²) in [5.74, 6) is 1.36. The Balaban J connectivity index is 1.42. The second kappa shape index (κ2) is 12.8. The molecule has 0 unspecified atom stereocenters. The molecule has 2 fully saturated rings. The Bertz CT molecular complexity index is 1420. The number of hydrogen-bond donors (Lipinski definition) is 0. The Morgan fingerprint density at radius 2 is 1.93 bits per heavy atom. The SMILES string of the molecule is C=CC(=O)N1CC[C@H](Oc2cc(O[C@@H](C)[C@@H]3C[C@@H](F)CN3C)nc(-c3noc(C(C)(C)c4ccccc4)n3)n2)C[C@H]1CC. The average Bonchev–Trinajstić information content (AvgIpc) is 3.64. The third-order valence-electron chi connectivity index (χ3n) is 8.62. The number of likely N-dealkylation sites (tertiary alicyclic amines) is 2. The van der Waals surface area contributed by atoms with Crippen molar-refractivity contribution in [2.75, 3.05) is 20.1 Å². The van der Waals surface area contributed by atoms with E-state index in [9.17, 15) is 9.18 Å². The molecule has 0 bridgehead atoms. The number of benzene rings is 1. The van der Waals surface area contributed by atoms with Crippen molar-refractivity contribution in [3.63, 3.8) is 0 Å². The zero-order valence-corrected chi connectivity index (χ0v) is 25.6. The van der Waals surface area contributed by atoms with Gasteiger partial charge in [0.15, 0.2) is 0 Å². The Morgan fingerprint density at radius 1 is 1.19 bits per heavy atom. The number of halogens is 1. The molecule has 5 atom stereocenters. The number of rotatable bonds is 10. The van der Waals surface area contributed by atoms with Crippen molar-refractivity contribution in [1.29, 1.82) is 0 Å². The molecule has 2 aliphatic heterocycles. The van der Waals surface area contributed by atoms with E-state index in [0.717, 1.165) is 12.0 Å². The summed E-state index contributed by atoms with van der Waals surface area (Å²) >= 11 is 0. The van der Waals surface area contributed by atoms with E-state index >= 15 is 0 Å². The van der Waals surface area contributed by atoms with Crippen LogP contribution in [0.2, 0.25) is 0 Å². The molecule has 5 rings (SSSR count). The number of amides is 1. The van der Waals surface area contributed by atoms with Crippen LogP contribution in [-0.2, 0) is 10.2 Å². The first-order valence-corrected chi connectivity index (χ1v) is 15.0. The molecule has 0 saturated carbocycles. The van der Waals surface area contributed by atoms with E-state index in [4.69, 9.17) is 14.0 Å². The molecule has 230 valence electrons. The summed E-state index contributed by atoms with van der Waals surface area (Å²) in [7, 11) is 1.90. The van der Waals surface area contributed by atoms with Gasteiger partial charge >= 0.3 is 0 Å². The number of piperidine rings is 1. The predicted molar refractivity (Wildman–Crippen MR) is 160 cm³/mol. The van der Waals surface area contributed by atoms with Crippen LogP contribution in [0.1, 0.15) is 64.8 Å². The summed E-state index contributed by atoms with van der Waals surface area (Å²) in [4.78, 5) is 30.1. The summed E-state index contributed by atoms with van der Waals surface area (Å²) in [6.07, 6.45) is 2.45. The van der Waals surface area contributed by atoms with E-state index in [1.54, 1.807) is 6.07 Å². The van der Waals surface area contributed by atoms with Crippen LogP contribution in [0.4, 0.5) is 4.39 Å². The highest BCUT2D eigenvalue weighted by Gasteiger charge is 2.36. The molecule has 1 aromatic carbocycles. The molecule has 11 heteroatoms. The number of ether oxygens (including phenoxy) is 2. The third kappa shape index (κ3) is 6.71. The molecule has 0 radical (unpaired) electrons. The zero-order chi connectivity index (χ0) is 30.7. The number of carbonyl (C=O) groups is 1. The van der Waals surface area contributed by atoms with E-state index in [0.29, 0.717) is 44.1 Å². The van der Waals surface area contributed by atoms with Crippen LogP contribution < -0.4 is 9.47 Å². The summed E-state index contributed by atoms with van der Waals surface area (Å²) in [6.45, 7) is 12.6. The summed E-state index contributed by atoms with van der Waals surface area (Å²) in [5, 5.41) is 4.22. The molecule has 0 aliphatic carbocycles. The van der Waals surface area contributed by atoms with E-state index in [-0.39, 0.29) is 47.7 Å². The van der Waals surface area contributed by atoms with Crippen LogP contribution in [0.25, 0.3) is 11.6 Å². The molecule has 0 N–H and O–H groups in total. The third-order valence-corrected chi connectivity index (χ3v) is 8.62. The van der Waals surface area contributed by atoms with Gasteiger partial charge in [-0.1, -0.05) is 49.0 Å². The van der Waals surface area contributed by atoms with Gasteiger partial charge in [-0.3, -0.25) is 9.69 Å². The van der Waals surface area contributed by atoms with Gasteiger partial charge in [-0.2, -0.15) is 15.0 Å². The largest absolute Gasteiger partial charge is 0.474 e. The van der Waals surface area contributed by atoms with Gasteiger partial charge in [-0.05, 0) is 52.3 Å². The first-order valence-electron chi connectivity index (χ1n) is 15.0. The molecule has 4 heterocycles. The fourth-order valence-electron chi connectivity index (χ4n) is 6.04. The van der Waals surface area contributed by atoms with Crippen LogP contribution in [0.3, 0.4) is 0 Å². The number of aromatic nitrogens is 4. The minimum atomic E-state index is -0.892. The molecule has 0 spiro atoms. The first kappa shape index (κ1) is 30.6. The highest BCUT2D eigenvalue weighted by molar-refractivity contribution is 5.87. The molecular formula is C32H41FN6O4. The standard InChI is InChI=1S/C32H41FN6O4/c1-7-23-17-24(14-15-39(23)28(40)8-2)42-27-18-26(41-20(3)25-16-22(33)19-38(25)6)34-29(35-27)30-36-31(43-37-30)32(4,5)21-12-10-9-11-13-21/h8-13,18,20,22-25H,2,7,14-17,19H2,1,3-6H3/t20-,22+,23+,24-,25-/m0/s1. The van der Waals surface area contributed by atoms with Gasteiger partial charge < -0.3 is 18.9 Å². The number of hydrogen-bond acceptors (Lipinski definition) is 9. The lowest BCUT2D eigenvalue weighted by molar-refractivity contribution is -0.131. The van der Waals surface area contributed by atoms with Crippen LogP contribution in [0.15, 0.2) is 53.6 Å². The predicted octanol–water partition coefficient (Wildman–Crippen LogP) is 5.00. The molecule has 43 heavy (non-hydrogen) atoms. The highest BCUT2D eigenvalue weighted by Crippen LogP contribution is 2.33. The van der Waals surface area contributed by atoms with Gasteiger partial charge in [-0.25, -0.2) is 4.39 Å². The van der Waals surface area contributed by atoms with E-state index in [1.807, 2.05) is 68.0 Å². The summed E-state index contributed by atoms with van der Waals surface area (Å²) < 4.78 is 32.5. The normalized spacial score (nSPS) is 23.6. The number of nitrogens with zero attached hydrogens (tertiary/aromatic N) is 6. The highest BCUT2D eigenvalue weighted by atomic mass is 19.1. The van der Waals surface area contributed by atoms with E-state index in [2.05, 4.69) is 33.6 Å². The molecule has 1 amide bonds. The van der Waals surface area contributed by atoms with Crippen LogP contribution >= 0.6 is 0 Å². The zero-order valence-electron chi connectivity index (χ0n) is 25.6. The Kier molecular flexibility index (Phi) is 9.10. The lowest BCUT2D eigenvalue weighted by Crippen LogP contribution is -2.48. The Morgan fingerprint density at radius 3 is 2.60 bits per heavy atom. The van der Waals surface area contributed by atoms with Gasteiger partial charge in [0.25, 0.3) is 0 Å². The summed E-state index contributed by atoms with van der Waals surface area (Å²) in [5.41, 5.74) is 0.482. The van der Waals surface area contributed by atoms with Crippen molar-refractivity contribution < 1.29 is 23.2 Å². The van der Waals surface area contributed by atoms with E-state index < -0.39 is 11.6 Å². The lowest BCUT2D eigenvalue weighted by Gasteiger charge is -2.38. The van der Waals surface area contributed by atoms with Crippen LogP contribution in [0, 0.1) is 0 Å². The smallest absolute Gasteiger partial charge is 0.246 e. The minimum absolute atomic E-state index is 0.0350. The summed E-state index contributed by atoms with van der Waals surface area (Å²) in [6, 6.07) is 11.5. The fourth-order valence-corrected chi connectivity index (χ4v) is 6.04. The Labute approximate surface area is 252 Å². The van der Waals surface area contributed by atoms with Gasteiger partial charge in [0.2, 0.25) is 35.2 Å². The van der Waals surface area contributed by atoms with Gasteiger partial charge in [0, 0.05) is 38.0 Å². The van der Waals surface area contributed by atoms with Crippen molar-refractivity contribution in [3.8, 4) is 23.4 Å². The topological polar surface area (TPSA) is 107 Å². The van der Waals surface area contributed by atoms with Crippen LogP contribution in [-0.4, -0.2) is 86.4 Å². The van der Waals surface area contributed by atoms with Crippen molar-refractivity contribution in [3.05, 3.63) is 60.5 Å². The molecule has 10 nitrogen and oxygen atoms in total. The maximum Gasteiger partial charge on any atom is 0.246 e. The fraction of sp³-hybridized carbons (Fsp3) is 0.531. The second-order valence-electron chi connectivity index (χ2n) is 12.0. The quantitative estimate of drug-likeness (QED) is 0.301. The van der Waals surface area contributed by atoms with E-state index in [1.165, 1.54) is 6.08 Å². The van der Waals surface area contributed by atoms with Crippen molar-refractivity contribution >= 4 is 5.91 Å². The maximum atomic E-state index is 14.1.